The molecule has 1 amide bonds. The van der Waals surface area contributed by atoms with Gasteiger partial charge in [0, 0.05) is 19.2 Å². The van der Waals surface area contributed by atoms with Crippen molar-refractivity contribution in [2.45, 2.75) is 51.4 Å². The number of rotatable bonds is 5. The Hall–Kier alpha value is -1.14. The quantitative estimate of drug-likeness (QED) is 0.812. The number of carbonyl (C=O) groups excluding carboxylic acids is 1. The van der Waals surface area contributed by atoms with Crippen LogP contribution in [0.2, 0.25) is 0 Å². The molecule has 2 heterocycles. The maximum absolute atomic E-state index is 12.3. The molecule has 1 N–H and O–H groups in total. The van der Waals surface area contributed by atoms with E-state index in [0.29, 0.717) is 19.6 Å². The van der Waals surface area contributed by atoms with Gasteiger partial charge in [-0.3, -0.25) is 9.59 Å². The molecule has 2 fully saturated rings. The first-order valence-corrected chi connectivity index (χ1v) is 7.27. The van der Waals surface area contributed by atoms with Crippen molar-refractivity contribution in [2.24, 2.45) is 5.92 Å². The molecule has 0 aromatic carbocycles. The molecule has 6 nitrogen and oxygen atoms in total. The molecule has 2 rings (SSSR count). The predicted molar refractivity (Wildman–Crippen MR) is 71.3 cm³/mol. The van der Waals surface area contributed by atoms with Crippen LogP contribution in [-0.4, -0.2) is 59.9 Å². The molecule has 20 heavy (non-hydrogen) atoms. The summed E-state index contributed by atoms with van der Waals surface area (Å²) in [5, 5.41) is 9.08. The van der Waals surface area contributed by atoms with E-state index in [9.17, 15) is 9.59 Å². The number of carboxylic acids is 1. The van der Waals surface area contributed by atoms with Crippen molar-refractivity contribution in [2.75, 3.05) is 19.8 Å². The average molecular weight is 285 g/mol. The highest BCUT2D eigenvalue weighted by molar-refractivity contribution is 5.82. The van der Waals surface area contributed by atoms with Crippen LogP contribution in [0.5, 0.6) is 0 Å². The van der Waals surface area contributed by atoms with Gasteiger partial charge in [0.25, 0.3) is 5.91 Å². The predicted octanol–water partition coefficient (Wildman–Crippen LogP) is 0.892. The van der Waals surface area contributed by atoms with Gasteiger partial charge >= 0.3 is 5.97 Å². The normalized spacial score (nSPS) is 31.5. The van der Waals surface area contributed by atoms with Crippen molar-refractivity contribution in [3.8, 4) is 0 Å². The summed E-state index contributed by atoms with van der Waals surface area (Å²) in [6.07, 6.45) is 2.07. The second kappa shape index (κ2) is 6.54. The Kier molecular flexibility index (Phi) is 4.99. The maximum atomic E-state index is 12.3. The minimum absolute atomic E-state index is 0.0908. The van der Waals surface area contributed by atoms with Crippen molar-refractivity contribution in [3.05, 3.63) is 0 Å². The third-order valence-electron chi connectivity index (χ3n) is 4.26. The van der Waals surface area contributed by atoms with Crippen LogP contribution in [0.15, 0.2) is 0 Å². The van der Waals surface area contributed by atoms with Gasteiger partial charge in [0.1, 0.15) is 6.10 Å². The van der Waals surface area contributed by atoms with Gasteiger partial charge in [0.15, 0.2) is 0 Å². The summed E-state index contributed by atoms with van der Waals surface area (Å²) in [7, 11) is 0. The van der Waals surface area contributed by atoms with Crippen LogP contribution in [0, 0.1) is 5.92 Å². The maximum Gasteiger partial charge on any atom is 0.308 e. The van der Waals surface area contributed by atoms with E-state index < -0.39 is 18.0 Å². The zero-order chi connectivity index (χ0) is 14.7. The first kappa shape index (κ1) is 15.3. The minimum atomic E-state index is -0.833. The van der Waals surface area contributed by atoms with Gasteiger partial charge in [0.05, 0.1) is 18.6 Å². The van der Waals surface area contributed by atoms with E-state index in [0.717, 1.165) is 19.4 Å². The lowest BCUT2D eigenvalue weighted by Crippen LogP contribution is -2.43. The van der Waals surface area contributed by atoms with E-state index in [2.05, 4.69) is 0 Å². The van der Waals surface area contributed by atoms with Crippen LogP contribution < -0.4 is 0 Å². The van der Waals surface area contributed by atoms with Crippen LogP contribution in [0.1, 0.15) is 33.1 Å². The van der Waals surface area contributed by atoms with Crippen LogP contribution in [0.4, 0.5) is 0 Å². The fourth-order valence-electron chi connectivity index (χ4n) is 2.91. The number of ether oxygens (including phenoxy) is 2. The first-order chi connectivity index (χ1) is 9.50. The lowest BCUT2D eigenvalue weighted by atomic mass is 10.0. The summed E-state index contributed by atoms with van der Waals surface area (Å²) in [6, 6.07) is -0.270. The topological polar surface area (TPSA) is 76.1 Å². The molecule has 0 aromatic heterocycles. The van der Waals surface area contributed by atoms with Gasteiger partial charge in [0.2, 0.25) is 0 Å². The third-order valence-corrected chi connectivity index (χ3v) is 4.26. The summed E-state index contributed by atoms with van der Waals surface area (Å²) >= 11 is 0. The van der Waals surface area contributed by atoms with Gasteiger partial charge in [-0.1, -0.05) is 0 Å². The molecule has 6 heteroatoms. The van der Waals surface area contributed by atoms with Crippen molar-refractivity contribution in [1.29, 1.82) is 0 Å². The molecule has 0 aliphatic carbocycles. The molecule has 0 bridgehead atoms. The lowest BCUT2D eigenvalue weighted by Gasteiger charge is -2.26. The smallest absolute Gasteiger partial charge is 0.308 e. The molecule has 2 aliphatic heterocycles. The molecule has 0 saturated carbocycles. The van der Waals surface area contributed by atoms with Gasteiger partial charge in [-0.05, 0) is 33.1 Å². The summed E-state index contributed by atoms with van der Waals surface area (Å²) < 4.78 is 11.0. The number of likely N-dealkylation sites (tertiary alicyclic amines) is 1. The number of hydrogen-bond donors (Lipinski definition) is 1. The Balaban J connectivity index is 1.82. The fraction of sp³-hybridized carbons (Fsp3) is 0.857. The average Bonchev–Trinajstić information content (AvgIpc) is 3.04. The van der Waals surface area contributed by atoms with Gasteiger partial charge in [-0.2, -0.15) is 0 Å². The van der Waals surface area contributed by atoms with E-state index in [-0.39, 0.29) is 18.1 Å². The number of carboxylic acid groups (broad SMARTS) is 1. The van der Waals surface area contributed by atoms with Gasteiger partial charge in [-0.15, -0.1) is 0 Å². The Labute approximate surface area is 119 Å². The van der Waals surface area contributed by atoms with E-state index in [1.165, 1.54) is 0 Å². The second-order valence-corrected chi connectivity index (χ2v) is 5.62. The molecule has 4 unspecified atom stereocenters. The Bertz CT molecular complexity index is 367. The molecule has 114 valence electrons. The molecule has 0 spiro atoms. The third kappa shape index (κ3) is 3.30. The zero-order valence-electron chi connectivity index (χ0n) is 12.1. The molecular weight excluding hydrogens is 262 g/mol. The lowest BCUT2D eigenvalue weighted by molar-refractivity contribution is -0.147. The summed E-state index contributed by atoms with van der Waals surface area (Å²) in [6.45, 7) is 5.19. The fourth-order valence-corrected chi connectivity index (χ4v) is 2.91. The standard InChI is InChI=1S/C14H23NO5/c1-9-12(14(17)18)5-6-15(9)13(16)10(2)20-8-11-4-3-7-19-11/h9-12H,3-8H2,1-2H3,(H,17,18). The van der Waals surface area contributed by atoms with Crippen LogP contribution in [-0.2, 0) is 19.1 Å². The van der Waals surface area contributed by atoms with Crippen molar-refractivity contribution < 1.29 is 24.2 Å². The Morgan fingerprint density at radius 2 is 2.20 bits per heavy atom. The van der Waals surface area contributed by atoms with Crippen LogP contribution in [0.25, 0.3) is 0 Å². The van der Waals surface area contributed by atoms with Crippen molar-refractivity contribution in [1.82, 2.24) is 4.90 Å². The molecular formula is C14H23NO5. The summed E-state index contributed by atoms with van der Waals surface area (Å²) in [5.74, 6) is -1.43. The summed E-state index contributed by atoms with van der Waals surface area (Å²) in [4.78, 5) is 25.0. The SMILES string of the molecule is CC(OCC1CCCO1)C(=O)N1CCC(C(=O)O)C1C. The largest absolute Gasteiger partial charge is 0.481 e. The highest BCUT2D eigenvalue weighted by Gasteiger charge is 2.39. The van der Waals surface area contributed by atoms with E-state index >= 15 is 0 Å². The number of amides is 1. The molecule has 0 aromatic rings. The van der Waals surface area contributed by atoms with Crippen LogP contribution in [0.3, 0.4) is 0 Å². The van der Waals surface area contributed by atoms with Crippen LogP contribution >= 0.6 is 0 Å². The highest BCUT2D eigenvalue weighted by atomic mass is 16.5. The molecule has 2 aliphatic rings. The monoisotopic (exact) mass is 285 g/mol. The number of carbonyl (C=O) groups is 2. The van der Waals surface area contributed by atoms with Crippen molar-refractivity contribution in [3.63, 3.8) is 0 Å². The molecule has 4 atom stereocenters. The summed E-state index contributed by atoms with van der Waals surface area (Å²) in [5.41, 5.74) is 0. The highest BCUT2D eigenvalue weighted by Crippen LogP contribution is 2.25. The van der Waals surface area contributed by atoms with E-state index in [1.807, 2.05) is 0 Å². The van der Waals surface area contributed by atoms with E-state index in [1.54, 1.807) is 18.7 Å². The number of nitrogens with zero attached hydrogens (tertiary/aromatic N) is 1. The second-order valence-electron chi connectivity index (χ2n) is 5.62. The zero-order valence-corrected chi connectivity index (χ0v) is 12.1. The van der Waals surface area contributed by atoms with E-state index in [4.69, 9.17) is 14.6 Å². The van der Waals surface area contributed by atoms with Crippen molar-refractivity contribution >= 4 is 11.9 Å². The Morgan fingerprint density at radius 3 is 2.75 bits per heavy atom. The van der Waals surface area contributed by atoms with Gasteiger partial charge < -0.3 is 19.5 Å². The minimum Gasteiger partial charge on any atom is -0.481 e. The number of aliphatic carboxylic acids is 1. The first-order valence-electron chi connectivity index (χ1n) is 7.27. The number of hydrogen-bond acceptors (Lipinski definition) is 4. The van der Waals surface area contributed by atoms with Gasteiger partial charge in [-0.25, -0.2) is 0 Å². The molecule has 0 radical (unpaired) electrons. The Morgan fingerprint density at radius 1 is 1.45 bits per heavy atom. The molecule has 2 saturated heterocycles.